The molecule has 5 saturated heterocycles. The number of carbonyl (C=O) groups excluding carboxylic acids is 2. The maximum Gasteiger partial charge on any atom is 0.217 e. The van der Waals surface area contributed by atoms with Crippen molar-refractivity contribution in [1.29, 1.82) is 0 Å². The van der Waals surface area contributed by atoms with Crippen molar-refractivity contribution < 1.29 is 129 Å². The van der Waals surface area contributed by atoms with Gasteiger partial charge in [-0.2, -0.15) is 0 Å². The Morgan fingerprint density at radius 3 is 1.27 bits per heavy atom. The smallest absolute Gasteiger partial charge is 0.217 e. The van der Waals surface area contributed by atoms with Gasteiger partial charge in [-0.1, -0.05) is 0 Å². The molecule has 28 heteroatoms. The maximum atomic E-state index is 12.6. The number of carbonyl (C=O) groups is 2. The first-order valence-corrected chi connectivity index (χ1v) is 19.6. The van der Waals surface area contributed by atoms with E-state index in [1.54, 1.807) is 0 Å². The molecule has 0 aliphatic carbocycles. The molecule has 0 aromatic rings. The normalized spacial score (nSPS) is 49.0. The summed E-state index contributed by atoms with van der Waals surface area (Å²) in [4.78, 5) is 24.6. The summed E-state index contributed by atoms with van der Waals surface area (Å²) in [6.45, 7) is -2.53. The average molecular weight is 911 g/mol. The molecule has 5 aliphatic heterocycles. The van der Waals surface area contributed by atoms with Crippen LogP contribution in [0.4, 0.5) is 0 Å². The number of nitrogens with one attached hydrogen (secondary N) is 2. The largest absolute Gasteiger partial charge is 0.394 e. The lowest BCUT2D eigenvalue weighted by molar-refractivity contribution is -0.387. The summed E-state index contributed by atoms with van der Waals surface area (Å²) in [5.74, 6) is -1.54. The van der Waals surface area contributed by atoms with E-state index in [2.05, 4.69) is 10.6 Å². The van der Waals surface area contributed by atoms with Gasteiger partial charge in [-0.3, -0.25) is 9.59 Å². The summed E-state index contributed by atoms with van der Waals surface area (Å²) in [6.07, 6.45) is -42.3. The molecule has 360 valence electrons. The average Bonchev–Trinajstić information content (AvgIpc) is 3.23. The van der Waals surface area contributed by atoms with Crippen LogP contribution in [0, 0.1) is 0 Å². The Morgan fingerprint density at radius 2 is 0.758 bits per heavy atom. The van der Waals surface area contributed by atoms with Crippen molar-refractivity contribution in [3.8, 4) is 0 Å². The quantitative estimate of drug-likeness (QED) is 0.0725. The van der Waals surface area contributed by atoms with Gasteiger partial charge >= 0.3 is 0 Å². The lowest BCUT2D eigenvalue weighted by Crippen LogP contribution is -2.71. The van der Waals surface area contributed by atoms with E-state index < -0.39 is 198 Å². The first kappa shape index (κ1) is 51.0. The molecule has 0 bridgehead atoms. The van der Waals surface area contributed by atoms with Crippen LogP contribution in [0.5, 0.6) is 0 Å². The van der Waals surface area contributed by atoms with Crippen molar-refractivity contribution in [3.05, 3.63) is 0 Å². The first-order chi connectivity index (χ1) is 29.3. The monoisotopic (exact) mass is 910 g/mol. The lowest BCUT2D eigenvalue weighted by atomic mass is 9.93. The zero-order valence-corrected chi connectivity index (χ0v) is 33.2. The summed E-state index contributed by atoms with van der Waals surface area (Å²) in [5, 5.41) is 163. The predicted molar refractivity (Wildman–Crippen MR) is 190 cm³/mol. The third-order valence-corrected chi connectivity index (χ3v) is 11.1. The molecule has 2 amide bonds. The van der Waals surface area contributed by atoms with E-state index >= 15 is 0 Å². The zero-order chi connectivity index (χ0) is 45.9. The standard InChI is InChI=1S/C34H58N2O26/c1-8(42)35-15-20(47)17(44)10(3-37)55-31(15)61-28-16(36-9(2)43)32(56-11(4-38)18(28)45)62-29-19(46)12(5-39)57-34(25(29)52)60-27-14(7-41)58-33(24(51)22(27)49)59-26-13(6-40)54-30(53)23(50)21(26)48/h10-34,37-41,44-53H,3-7H2,1-2H3,(H,35,42)(H,36,43)/t10-,11-,12-,13-,14-,15-,16-,17+,18+,19+,20-,21-,22-,23-,24-,25-,26-,27+,28-,29+,30-,31-,32+,33+,34-/m1/s1. The van der Waals surface area contributed by atoms with E-state index in [0.29, 0.717) is 0 Å². The van der Waals surface area contributed by atoms with Gasteiger partial charge in [0.15, 0.2) is 31.5 Å². The molecule has 62 heavy (non-hydrogen) atoms. The molecule has 25 atom stereocenters. The van der Waals surface area contributed by atoms with E-state index in [4.69, 9.17) is 42.6 Å². The van der Waals surface area contributed by atoms with E-state index in [-0.39, 0.29) is 0 Å². The van der Waals surface area contributed by atoms with E-state index in [9.17, 15) is 86.2 Å². The van der Waals surface area contributed by atoms with Gasteiger partial charge < -0.3 is 130 Å². The summed E-state index contributed by atoms with van der Waals surface area (Å²) in [7, 11) is 0. The minimum absolute atomic E-state index is 0.730. The summed E-state index contributed by atoms with van der Waals surface area (Å²) in [6, 6.07) is -3.23. The Kier molecular flexibility index (Phi) is 18.1. The molecule has 0 unspecified atom stereocenters. The molecular weight excluding hydrogens is 852 g/mol. The Bertz CT molecular complexity index is 1440. The molecule has 17 N–H and O–H groups in total. The van der Waals surface area contributed by atoms with Crippen LogP contribution < -0.4 is 10.6 Å². The van der Waals surface area contributed by atoms with Gasteiger partial charge in [-0.25, -0.2) is 0 Å². The molecule has 28 nitrogen and oxygen atoms in total. The molecule has 5 aliphatic rings. The SMILES string of the molecule is CC(=O)N[C@H]1[C@@H](O[C@H]2[C@@H](O)[C@@H](CO)O[C@@H](O[C@H]3[C@@H](O)[C@@H](CO)O[C@H](O[C@@H]4[C@H](O)[C@@H](O)[C@H](O[C@H]5[C@H](O)[C@@H](O)[C@H](O)O[C@@H]5CO)O[C@@H]4CO)[C@@H]3O)[C@@H]2NC(C)=O)O[C@H](CO)[C@H](O)[C@@H]1O. The Hall–Kier alpha value is -2.02. The van der Waals surface area contributed by atoms with Crippen molar-refractivity contribution in [1.82, 2.24) is 10.6 Å². The summed E-state index contributed by atoms with van der Waals surface area (Å²) in [5.41, 5.74) is 0. The van der Waals surface area contributed by atoms with Crippen LogP contribution in [0.3, 0.4) is 0 Å². The van der Waals surface area contributed by atoms with Crippen LogP contribution >= 0.6 is 0 Å². The minimum Gasteiger partial charge on any atom is -0.394 e. The third-order valence-electron chi connectivity index (χ3n) is 11.1. The highest BCUT2D eigenvalue weighted by molar-refractivity contribution is 5.73. The molecule has 5 heterocycles. The second-order valence-electron chi connectivity index (χ2n) is 15.4. The van der Waals surface area contributed by atoms with Gasteiger partial charge in [0.2, 0.25) is 11.8 Å². The van der Waals surface area contributed by atoms with Gasteiger partial charge in [0, 0.05) is 13.8 Å². The Balaban J connectivity index is 1.38. The molecule has 0 radical (unpaired) electrons. The van der Waals surface area contributed by atoms with Gasteiger partial charge in [0.1, 0.15) is 122 Å². The second kappa shape index (κ2) is 22.0. The van der Waals surface area contributed by atoms with Crippen LogP contribution in [0.1, 0.15) is 13.8 Å². The van der Waals surface area contributed by atoms with Gasteiger partial charge in [0.25, 0.3) is 0 Å². The highest BCUT2D eigenvalue weighted by atomic mass is 16.8. The van der Waals surface area contributed by atoms with Crippen LogP contribution in [-0.4, -0.2) is 275 Å². The number of hydrogen-bond acceptors (Lipinski definition) is 26. The fourth-order valence-corrected chi connectivity index (χ4v) is 7.83. The van der Waals surface area contributed by atoms with E-state index in [1.165, 1.54) is 0 Å². The second-order valence-corrected chi connectivity index (χ2v) is 15.4. The maximum absolute atomic E-state index is 12.6. The molecule has 0 saturated carbocycles. The molecule has 0 aromatic heterocycles. The van der Waals surface area contributed by atoms with E-state index in [1.807, 2.05) is 0 Å². The predicted octanol–water partition coefficient (Wildman–Crippen LogP) is -11.6. The summed E-state index contributed by atoms with van der Waals surface area (Å²) < 4.78 is 50.8. The highest BCUT2D eigenvalue weighted by Gasteiger charge is 2.57. The third kappa shape index (κ3) is 10.8. The van der Waals surface area contributed by atoms with Crippen LogP contribution in [0.25, 0.3) is 0 Å². The fraction of sp³-hybridized carbons (Fsp3) is 0.941. The lowest BCUT2D eigenvalue weighted by Gasteiger charge is -2.50. The number of ether oxygens (including phenoxy) is 9. The molecular formula is C34H58N2O26. The minimum atomic E-state index is -2.16. The van der Waals surface area contributed by atoms with Gasteiger partial charge in [0.05, 0.1) is 33.0 Å². The Morgan fingerprint density at radius 1 is 0.387 bits per heavy atom. The highest BCUT2D eigenvalue weighted by Crippen LogP contribution is 2.36. The van der Waals surface area contributed by atoms with Crippen LogP contribution in [0.2, 0.25) is 0 Å². The number of aliphatic hydroxyl groups is 15. The first-order valence-electron chi connectivity index (χ1n) is 19.6. The van der Waals surface area contributed by atoms with Crippen molar-refractivity contribution in [3.63, 3.8) is 0 Å². The van der Waals surface area contributed by atoms with Gasteiger partial charge in [-0.15, -0.1) is 0 Å². The van der Waals surface area contributed by atoms with Crippen LogP contribution in [0.15, 0.2) is 0 Å². The zero-order valence-electron chi connectivity index (χ0n) is 33.2. The fourth-order valence-electron chi connectivity index (χ4n) is 7.83. The molecule has 5 fully saturated rings. The topological polar surface area (TPSA) is 445 Å². The number of aliphatic hydroxyl groups excluding tert-OH is 15. The molecule has 5 rings (SSSR count). The number of amides is 2. The summed E-state index contributed by atoms with van der Waals surface area (Å²) >= 11 is 0. The van der Waals surface area contributed by atoms with Crippen molar-refractivity contribution >= 4 is 11.8 Å². The van der Waals surface area contributed by atoms with E-state index in [0.717, 1.165) is 13.8 Å². The van der Waals surface area contributed by atoms with Crippen molar-refractivity contribution in [2.75, 3.05) is 33.0 Å². The van der Waals surface area contributed by atoms with Gasteiger partial charge in [-0.05, 0) is 0 Å². The number of rotatable bonds is 15. The number of hydrogen-bond donors (Lipinski definition) is 17. The Labute approximate surface area is 351 Å². The van der Waals surface area contributed by atoms with Crippen LogP contribution in [-0.2, 0) is 52.2 Å². The van der Waals surface area contributed by atoms with Crippen molar-refractivity contribution in [2.24, 2.45) is 0 Å². The molecule has 0 aromatic carbocycles. The molecule has 0 spiro atoms. The van der Waals surface area contributed by atoms with Crippen molar-refractivity contribution in [2.45, 2.75) is 167 Å².